The van der Waals surface area contributed by atoms with Crippen molar-refractivity contribution in [3.63, 3.8) is 0 Å². The fourth-order valence-corrected chi connectivity index (χ4v) is 1.71. The summed E-state index contributed by atoms with van der Waals surface area (Å²) >= 11 is 11.6. The fraction of sp³-hybridized carbons (Fsp3) is 0. The highest BCUT2D eigenvalue weighted by Gasteiger charge is 2.15. The van der Waals surface area contributed by atoms with Crippen LogP contribution >= 0.6 is 23.2 Å². The molecule has 19 heavy (non-hydrogen) atoms. The molecule has 8 heteroatoms. The summed E-state index contributed by atoms with van der Waals surface area (Å²) in [4.78, 5) is 14.2. The highest BCUT2D eigenvalue weighted by molar-refractivity contribution is 6.42. The molecule has 0 spiro atoms. The Balaban J connectivity index is 2.39. The van der Waals surface area contributed by atoms with Gasteiger partial charge in [0.2, 0.25) is 5.82 Å². The average Bonchev–Trinajstić information content (AvgIpc) is 2.33. The number of hydrogen-bond donors (Lipinski definition) is 2. The van der Waals surface area contributed by atoms with Gasteiger partial charge >= 0.3 is 5.69 Å². The number of rotatable bonds is 3. The van der Waals surface area contributed by atoms with Gasteiger partial charge in [0.15, 0.2) is 0 Å². The monoisotopic (exact) mass is 298 g/mol. The van der Waals surface area contributed by atoms with Gasteiger partial charge in [-0.05, 0) is 24.3 Å². The van der Waals surface area contributed by atoms with Crippen LogP contribution in [0.5, 0.6) is 0 Å². The summed E-state index contributed by atoms with van der Waals surface area (Å²) in [6.07, 6.45) is 0. The normalized spacial score (nSPS) is 10.2. The van der Waals surface area contributed by atoms with E-state index in [4.69, 9.17) is 28.9 Å². The molecular formula is C11H8Cl2N4O2. The van der Waals surface area contributed by atoms with E-state index in [9.17, 15) is 10.1 Å². The molecule has 0 saturated heterocycles. The summed E-state index contributed by atoms with van der Waals surface area (Å²) in [7, 11) is 0. The largest absolute Gasteiger partial charge is 0.384 e. The predicted molar refractivity (Wildman–Crippen MR) is 75.0 cm³/mol. The topological polar surface area (TPSA) is 94.1 Å². The van der Waals surface area contributed by atoms with Crippen LogP contribution in [0.15, 0.2) is 30.3 Å². The molecule has 3 N–H and O–H groups in total. The fourth-order valence-electron chi connectivity index (χ4n) is 1.42. The lowest BCUT2D eigenvalue weighted by molar-refractivity contribution is -0.384. The van der Waals surface area contributed by atoms with Crippen LogP contribution in [-0.2, 0) is 0 Å². The molecule has 98 valence electrons. The van der Waals surface area contributed by atoms with Crippen LogP contribution in [0.4, 0.5) is 23.0 Å². The number of anilines is 3. The SMILES string of the molecule is Nc1ccc([N+](=O)[O-])c(Nc2ccc(Cl)c(Cl)c2)n1. The highest BCUT2D eigenvalue weighted by Crippen LogP contribution is 2.30. The van der Waals surface area contributed by atoms with Crippen LogP contribution < -0.4 is 11.1 Å². The number of nitrogens with two attached hydrogens (primary N) is 1. The second kappa shape index (κ2) is 5.29. The Morgan fingerprint density at radius 2 is 1.95 bits per heavy atom. The van der Waals surface area contributed by atoms with Gasteiger partial charge in [0.05, 0.1) is 15.0 Å². The van der Waals surface area contributed by atoms with E-state index in [0.717, 1.165) is 0 Å². The Bertz CT molecular complexity index is 649. The average molecular weight is 299 g/mol. The van der Waals surface area contributed by atoms with Crippen molar-refractivity contribution in [1.29, 1.82) is 0 Å². The molecular weight excluding hydrogens is 291 g/mol. The van der Waals surface area contributed by atoms with Crippen LogP contribution in [0.3, 0.4) is 0 Å². The van der Waals surface area contributed by atoms with Crippen LogP contribution in [0, 0.1) is 10.1 Å². The number of nitrogen functional groups attached to an aromatic ring is 1. The first-order valence-corrected chi connectivity index (χ1v) is 5.86. The van der Waals surface area contributed by atoms with Crippen molar-refractivity contribution in [2.75, 3.05) is 11.1 Å². The summed E-state index contributed by atoms with van der Waals surface area (Å²) in [6.45, 7) is 0. The molecule has 1 aromatic heterocycles. The van der Waals surface area contributed by atoms with E-state index in [2.05, 4.69) is 10.3 Å². The van der Waals surface area contributed by atoms with E-state index in [0.29, 0.717) is 15.7 Å². The number of benzene rings is 1. The summed E-state index contributed by atoms with van der Waals surface area (Å²) in [5, 5.41) is 14.4. The molecule has 0 aliphatic rings. The molecule has 1 heterocycles. The lowest BCUT2D eigenvalue weighted by Crippen LogP contribution is -2.02. The van der Waals surface area contributed by atoms with Crippen LogP contribution in [-0.4, -0.2) is 9.91 Å². The van der Waals surface area contributed by atoms with Gasteiger partial charge in [-0.3, -0.25) is 10.1 Å². The van der Waals surface area contributed by atoms with Crippen molar-refractivity contribution in [2.24, 2.45) is 0 Å². The van der Waals surface area contributed by atoms with Gasteiger partial charge < -0.3 is 11.1 Å². The van der Waals surface area contributed by atoms with Crippen molar-refractivity contribution in [2.45, 2.75) is 0 Å². The summed E-state index contributed by atoms with van der Waals surface area (Å²) < 4.78 is 0. The first-order valence-electron chi connectivity index (χ1n) is 5.10. The van der Waals surface area contributed by atoms with Crippen molar-refractivity contribution in [3.8, 4) is 0 Å². The number of pyridine rings is 1. The van der Waals surface area contributed by atoms with E-state index in [1.807, 2.05) is 0 Å². The van der Waals surface area contributed by atoms with Gasteiger partial charge in [-0.15, -0.1) is 0 Å². The van der Waals surface area contributed by atoms with Crippen LogP contribution in [0.25, 0.3) is 0 Å². The Morgan fingerprint density at radius 1 is 1.21 bits per heavy atom. The lowest BCUT2D eigenvalue weighted by Gasteiger charge is -2.07. The van der Waals surface area contributed by atoms with E-state index in [1.165, 1.54) is 12.1 Å². The van der Waals surface area contributed by atoms with Crippen LogP contribution in [0.1, 0.15) is 0 Å². The number of nitrogens with one attached hydrogen (secondary N) is 1. The molecule has 6 nitrogen and oxygen atoms in total. The molecule has 0 aliphatic carbocycles. The van der Waals surface area contributed by atoms with Gasteiger partial charge in [0.1, 0.15) is 5.82 Å². The van der Waals surface area contributed by atoms with Crippen molar-refractivity contribution < 1.29 is 4.92 Å². The van der Waals surface area contributed by atoms with Gasteiger partial charge in [0.25, 0.3) is 0 Å². The van der Waals surface area contributed by atoms with Crippen molar-refractivity contribution in [3.05, 3.63) is 50.5 Å². The van der Waals surface area contributed by atoms with Gasteiger partial charge in [-0.1, -0.05) is 23.2 Å². The summed E-state index contributed by atoms with van der Waals surface area (Å²) in [5.74, 6) is 0.219. The zero-order chi connectivity index (χ0) is 14.0. The van der Waals surface area contributed by atoms with E-state index in [-0.39, 0.29) is 17.3 Å². The maximum Gasteiger partial charge on any atom is 0.311 e. The number of nitrogens with zero attached hydrogens (tertiary/aromatic N) is 2. The number of hydrogen-bond acceptors (Lipinski definition) is 5. The third-order valence-electron chi connectivity index (χ3n) is 2.27. The van der Waals surface area contributed by atoms with E-state index >= 15 is 0 Å². The first kappa shape index (κ1) is 13.4. The Morgan fingerprint density at radius 3 is 2.58 bits per heavy atom. The van der Waals surface area contributed by atoms with Gasteiger partial charge in [-0.25, -0.2) is 4.98 Å². The second-order valence-electron chi connectivity index (χ2n) is 3.61. The molecule has 1 aromatic carbocycles. The van der Waals surface area contributed by atoms with Gasteiger partial charge in [0, 0.05) is 11.8 Å². The lowest BCUT2D eigenvalue weighted by atomic mass is 10.3. The number of halogens is 2. The molecule has 0 radical (unpaired) electrons. The zero-order valence-electron chi connectivity index (χ0n) is 9.43. The third kappa shape index (κ3) is 3.04. The molecule has 0 saturated carbocycles. The maximum atomic E-state index is 10.9. The third-order valence-corrected chi connectivity index (χ3v) is 3.01. The van der Waals surface area contributed by atoms with Crippen molar-refractivity contribution in [1.82, 2.24) is 4.98 Å². The molecule has 0 bridgehead atoms. The molecule has 2 rings (SSSR count). The van der Waals surface area contributed by atoms with Crippen LogP contribution in [0.2, 0.25) is 10.0 Å². The van der Waals surface area contributed by atoms with E-state index < -0.39 is 4.92 Å². The molecule has 0 aliphatic heterocycles. The Hall–Kier alpha value is -2.05. The molecule has 0 atom stereocenters. The van der Waals surface area contributed by atoms with E-state index in [1.54, 1.807) is 18.2 Å². The number of aromatic nitrogens is 1. The van der Waals surface area contributed by atoms with Crippen molar-refractivity contribution >= 4 is 46.2 Å². The molecule has 0 amide bonds. The Labute approximate surface area is 118 Å². The summed E-state index contributed by atoms with van der Waals surface area (Å²) in [6, 6.07) is 7.38. The quantitative estimate of drug-likeness (QED) is 0.666. The minimum Gasteiger partial charge on any atom is -0.384 e. The molecule has 2 aromatic rings. The summed E-state index contributed by atoms with van der Waals surface area (Å²) in [5.41, 5.74) is 5.86. The molecule has 0 unspecified atom stereocenters. The smallest absolute Gasteiger partial charge is 0.311 e. The Kier molecular flexibility index (Phi) is 3.73. The minimum atomic E-state index is -0.549. The molecule has 0 fully saturated rings. The van der Waals surface area contributed by atoms with Gasteiger partial charge in [-0.2, -0.15) is 0 Å². The maximum absolute atomic E-state index is 10.9. The standard InChI is InChI=1S/C11H8Cl2N4O2/c12-7-2-1-6(5-8(7)13)15-11-9(17(18)19)3-4-10(14)16-11/h1-5H,(H3,14,15,16). The zero-order valence-corrected chi connectivity index (χ0v) is 10.9. The first-order chi connectivity index (χ1) is 8.97. The minimum absolute atomic E-state index is 0.0448. The predicted octanol–water partition coefficient (Wildman–Crippen LogP) is 3.62. The number of nitro groups is 1. The highest BCUT2D eigenvalue weighted by atomic mass is 35.5. The second-order valence-corrected chi connectivity index (χ2v) is 4.43.